The zero-order chi connectivity index (χ0) is 10.6. The van der Waals surface area contributed by atoms with Gasteiger partial charge in [-0.15, -0.1) is 0 Å². The zero-order valence-corrected chi connectivity index (χ0v) is 8.58. The molecule has 0 aliphatic carbocycles. The van der Waals surface area contributed by atoms with Crippen molar-refractivity contribution in [3.05, 3.63) is 29.8 Å². The van der Waals surface area contributed by atoms with Crippen molar-refractivity contribution >= 4 is 11.6 Å². The van der Waals surface area contributed by atoms with Crippen LogP contribution in [0, 0.1) is 0 Å². The van der Waals surface area contributed by atoms with Crippen molar-refractivity contribution < 1.29 is 4.79 Å². The van der Waals surface area contributed by atoms with Crippen molar-refractivity contribution in [1.82, 2.24) is 0 Å². The molecule has 1 rings (SSSR count). The fourth-order valence-electron chi connectivity index (χ4n) is 1.25. The number of hydrogen-bond acceptors (Lipinski definition) is 2. The van der Waals surface area contributed by atoms with E-state index in [1.807, 2.05) is 38.1 Å². The van der Waals surface area contributed by atoms with Crippen molar-refractivity contribution in [2.45, 2.75) is 26.3 Å². The maximum atomic E-state index is 11.2. The van der Waals surface area contributed by atoms with E-state index in [0.29, 0.717) is 6.42 Å². The number of carbonyl (C=O) groups is 1. The number of benzene rings is 1. The van der Waals surface area contributed by atoms with E-state index in [-0.39, 0.29) is 11.9 Å². The monoisotopic (exact) mass is 192 g/mol. The number of anilines is 1. The molecule has 0 aromatic heterocycles. The van der Waals surface area contributed by atoms with Gasteiger partial charge in [-0.25, -0.2) is 0 Å². The molecule has 0 aliphatic heterocycles. The van der Waals surface area contributed by atoms with Gasteiger partial charge in [-0.05, 0) is 18.6 Å². The minimum Gasteiger partial charge on any atom is -0.326 e. The van der Waals surface area contributed by atoms with Gasteiger partial charge in [0.25, 0.3) is 0 Å². The molecule has 3 N–H and O–H groups in total. The number of nitrogens with one attached hydrogen (secondary N) is 1. The van der Waals surface area contributed by atoms with Crippen molar-refractivity contribution in [3.63, 3.8) is 0 Å². The summed E-state index contributed by atoms with van der Waals surface area (Å²) in [6, 6.07) is 7.53. The molecule has 1 unspecified atom stereocenters. The topological polar surface area (TPSA) is 55.1 Å². The molecule has 0 saturated carbocycles. The predicted octanol–water partition coefficient (Wildman–Crippen LogP) is 2.05. The SMILES string of the molecule is CCC(=O)Nc1ccccc1C(C)N. The van der Waals surface area contributed by atoms with Crippen LogP contribution in [0.2, 0.25) is 0 Å². The Hall–Kier alpha value is -1.35. The molecular weight excluding hydrogens is 176 g/mol. The van der Waals surface area contributed by atoms with Crippen molar-refractivity contribution in [2.75, 3.05) is 5.32 Å². The first-order chi connectivity index (χ1) is 6.65. The Morgan fingerprint density at radius 3 is 2.71 bits per heavy atom. The molecule has 3 heteroatoms. The van der Waals surface area contributed by atoms with Crippen molar-refractivity contribution in [1.29, 1.82) is 0 Å². The summed E-state index contributed by atoms with van der Waals surface area (Å²) in [5.41, 5.74) is 7.56. The molecule has 1 aromatic rings. The van der Waals surface area contributed by atoms with Gasteiger partial charge in [-0.2, -0.15) is 0 Å². The first kappa shape index (κ1) is 10.7. The Morgan fingerprint density at radius 1 is 1.50 bits per heavy atom. The van der Waals surface area contributed by atoms with E-state index >= 15 is 0 Å². The van der Waals surface area contributed by atoms with Gasteiger partial charge >= 0.3 is 0 Å². The summed E-state index contributed by atoms with van der Waals surface area (Å²) in [6.45, 7) is 3.72. The normalized spacial score (nSPS) is 12.2. The van der Waals surface area contributed by atoms with Crippen LogP contribution in [-0.2, 0) is 4.79 Å². The number of amides is 1. The summed E-state index contributed by atoms with van der Waals surface area (Å²) in [7, 11) is 0. The summed E-state index contributed by atoms with van der Waals surface area (Å²) >= 11 is 0. The molecule has 0 spiro atoms. The Bertz CT molecular complexity index is 321. The molecule has 1 amide bonds. The van der Waals surface area contributed by atoms with Gasteiger partial charge in [0, 0.05) is 18.2 Å². The molecule has 0 fully saturated rings. The quantitative estimate of drug-likeness (QED) is 0.770. The Labute approximate surface area is 84.3 Å². The van der Waals surface area contributed by atoms with Crippen molar-refractivity contribution in [2.24, 2.45) is 5.73 Å². The lowest BCUT2D eigenvalue weighted by molar-refractivity contribution is -0.115. The number of hydrogen-bond donors (Lipinski definition) is 2. The van der Waals surface area contributed by atoms with E-state index in [1.165, 1.54) is 0 Å². The molecule has 0 radical (unpaired) electrons. The first-order valence-corrected chi connectivity index (χ1v) is 4.79. The average molecular weight is 192 g/mol. The zero-order valence-electron chi connectivity index (χ0n) is 8.58. The highest BCUT2D eigenvalue weighted by Gasteiger charge is 2.07. The van der Waals surface area contributed by atoms with Crippen LogP contribution < -0.4 is 11.1 Å². The van der Waals surface area contributed by atoms with Gasteiger partial charge in [0.2, 0.25) is 5.91 Å². The van der Waals surface area contributed by atoms with Gasteiger partial charge in [-0.1, -0.05) is 25.1 Å². The summed E-state index contributed by atoms with van der Waals surface area (Å²) in [6.07, 6.45) is 0.479. The van der Waals surface area contributed by atoms with Crippen LogP contribution in [-0.4, -0.2) is 5.91 Å². The van der Waals surface area contributed by atoms with Gasteiger partial charge < -0.3 is 11.1 Å². The molecule has 1 aromatic carbocycles. The third kappa shape index (κ3) is 2.57. The van der Waals surface area contributed by atoms with E-state index < -0.39 is 0 Å². The van der Waals surface area contributed by atoms with Crippen molar-refractivity contribution in [3.8, 4) is 0 Å². The van der Waals surface area contributed by atoms with E-state index in [9.17, 15) is 4.79 Å². The van der Waals surface area contributed by atoms with E-state index in [4.69, 9.17) is 5.73 Å². The third-order valence-corrected chi connectivity index (χ3v) is 2.05. The average Bonchev–Trinajstić information content (AvgIpc) is 2.18. The lowest BCUT2D eigenvalue weighted by atomic mass is 10.1. The molecule has 3 nitrogen and oxygen atoms in total. The van der Waals surface area contributed by atoms with Crippen LogP contribution in [0.25, 0.3) is 0 Å². The molecule has 0 bridgehead atoms. The molecule has 0 saturated heterocycles. The summed E-state index contributed by atoms with van der Waals surface area (Å²) in [5.74, 6) is 0.0121. The second-order valence-electron chi connectivity index (χ2n) is 3.28. The molecule has 1 atom stereocenters. The largest absolute Gasteiger partial charge is 0.326 e. The Kier molecular flexibility index (Phi) is 3.65. The maximum absolute atomic E-state index is 11.2. The van der Waals surface area contributed by atoms with E-state index in [2.05, 4.69) is 5.32 Å². The van der Waals surface area contributed by atoms with Gasteiger partial charge in [0.1, 0.15) is 0 Å². The van der Waals surface area contributed by atoms with Crippen LogP contribution in [0.5, 0.6) is 0 Å². The smallest absolute Gasteiger partial charge is 0.224 e. The third-order valence-electron chi connectivity index (χ3n) is 2.05. The summed E-state index contributed by atoms with van der Waals surface area (Å²) < 4.78 is 0. The highest BCUT2D eigenvalue weighted by Crippen LogP contribution is 2.20. The Balaban J connectivity index is 2.90. The van der Waals surface area contributed by atoms with Crippen LogP contribution in [0.1, 0.15) is 31.9 Å². The minimum absolute atomic E-state index is 0.0121. The maximum Gasteiger partial charge on any atom is 0.224 e. The number of para-hydroxylation sites is 1. The molecule has 0 heterocycles. The van der Waals surface area contributed by atoms with E-state index in [1.54, 1.807) is 0 Å². The lowest BCUT2D eigenvalue weighted by Gasteiger charge is -2.12. The predicted molar refractivity (Wildman–Crippen MR) is 58.0 cm³/mol. The molecule has 14 heavy (non-hydrogen) atoms. The van der Waals surface area contributed by atoms with Gasteiger partial charge in [0.05, 0.1) is 0 Å². The summed E-state index contributed by atoms with van der Waals surface area (Å²) in [5, 5.41) is 2.82. The van der Waals surface area contributed by atoms with Crippen LogP contribution in [0.15, 0.2) is 24.3 Å². The fourth-order valence-corrected chi connectivity index (χ4v) is 1.25. The first-order valence-electron chi connectivity index (χ1n) is 4.79. The second kappa shape index (κ2) is 4.77. The number of carbonyl (C=O) groups excluding carboxylic acids is 1. The number of rotatable bonds is 3. The van der Waals surface area contributed by atoms with E-state index in [0.717, 1.165) is 11.3 Å². The highest BCUT2D eigenvalue weighted by molar-refractivity contribution is 5.91. The fraction of sp³-hybridized carbons (Fsp3) is 0.364. The summed E-state index contributed by atoms with van der Waals surface area (Å²) in [4.78, 5) is 11.2. The lowest BCUT2D eigenvalue weighted by Crippen LogP contribution is -2.14. The Morgan fingerprint density at radius 2 is 2.14 bits per heavy atom. The van der Waals surface area contributed by atoms with Gasteiger partial charge in [0.15, 0.2) is 0 Å². The molecule has 76 valence electrons. The molecule has 0 aliphatic rings. The molecular formula is C11H16N2O. The standard InChI is InChI=1S/C11H16N2O/c1-3-11(14)13-10-7-5-4-6-9(10)8(2)12/h4-8H,3,12H2,1-2H3,(H,13,14). The van der Waals surface area contributed by atoms with Crippen LogP contribution >= 0.6 is 0 Å². The minimum atomic E-state index is -0.0663. The van der Waals surface area contributed by atoms with Gasteiger partial charge in [-0.3, -0.25) is 4.79 Å². The van der Waals surface area contributed by atoms with Crippen LogP contribution in [0.4, 0.5) is 5.69 Å². The van der Waals surface area contributed by atoms with Crippen LogP contribution in [0.3, 0.4) is 0 Å². The number of nitrogens with two attached hydrogens (primary N) is 1. The second-order valence-corrected chi connectivity index (χ2v) is 3.28. The highest BCUT2D eigenvalue weighted by atomic mass is 16.1.